The quantitative estimate of drug-likeness (QED) is 0.152. The van der Waals surface area contributed by atoms with E-state index in [0.717, 1.165) is 66.6 Å². The van der Waals surface area contributed by atoms with Crippen molar-refractivity contribution in [3.05, 3.63) is 255 Å². The van der Waals surface area contributed by atoms with Crippen molar-refractivity contribution < 1.29 is 0 Å². The van der Waals surface area contributed by atoms with Gasteiger partial charge in [0, 0.05) is 61.0 Å². The molecule has 5 heterocycles. The molecule has 0 bridgehead atoms. The lowest BCUT2D eigenvalue weighted by Gasteiger charge is -2.11. The summed E-state index contributed by atoms with van der Waals surface area (Å²) in [6, 6.07) is 87.9. The lowest BCUT2D eigenvalue weighted by atomic mass is 9.98. The van der Waals surface area contributed by atoms with Crippen LogP contribution >= 0.6 is 0 Å². The minimum absolute atomic E-state index is 0.392. The first kappa shape index (κ1) is 42.4. The van der Waals surface area contributed by atoms with Gasteiger partial charge in [-0.15, -0.1) is 0 Å². The van der Waals surface area contributed by atoms with Crippen molar-refractivity contribution in [1.82, 2.24) is 38.6 Å². The van der Waals surface area contributed by atoms with Crippen molar-refractivity contribution in [1.29, 1.82) is 0 Å². The highest BCUT2D eigenvalue weighted by Gasteiger charge is 2.21. The molecule has 0 N–H and O–H groups in total. The topological polar surface area (TPSA) is 79.2 Å². The highest BCUT2D eigenvalue weighted by molar-refractivity contribution is 6.14. The number of hydrogen-bond acceptors (Lipinski definition) is 5. The number of aromatic nitrogens is 8. The number of rotatable bonds is 8. The van der Waals surface area contributed by atoms with Gasteiger partial charge in [-0.25, -0.2) is 24.9 Å². The third kappa shape index (κ3) is 7.03. The molecular weight excluding hydrogens is 917 g/mol. The fourth-order valence-electron chi connectivity index (χ4n) is 11.1. The smallest absolute Gasteiger partial charge is 0.201 e. The number of nitrogens with zero attached hydrogens (tertiary/aromatic N) is 8. The number of fused-ring (bicyclic) bond motifs is 9. The number of hydrogen-bond donors (Lipinski definition) is 0. The van der Waals surface area contributed by atoms with Crippen LogP contribution in [0.4, 0.5) is 0 Å². The van der Waals surface area contributed by atoms with Crippen LogP contribution in [0.15, 0.2) is 255 Å². The van der Waals surface area contributed by atoms with E-state index in [1.54, 1.807) is 6.20 Å². The zero-order chi connectivity index (χ0) is 49.4. The van der Waals surface area contributed by atoms with Crippen LogP contribution in [0.25, 0.3) is 139 Å². The first-order chi connectivity index (χ1) is 37.2. The average molecular weight is 959 g/mol. The summed E-state index contributed by atoms with van der Waals surface area (Å²) in [5.41, 5.74) is 15.3. The van der Waals surface area contributed by atoms with Gasteiger partial charge < -0.3 is 9.13 Å². The van der Waals surface area contributed by atoms with E-state index in [2.05, 4.69) is 196 Å². The highest BCUT2D eigenvalue weighted by atomic mass is 15.1. The van der Waals surface area contributed by atoms with Crippen LogP contribution in [0.3, 0.4) is 0 Å². The first-order valence-electron chi connectivity index (χ1n) is 25.2. The van der Waals surface area contributed by atoms with Crippen LogP contribution in [-0.2, 0) is 0 Å². The van der Waals surface area contributed by atoms with Crippen molar-refractivity contribution in [3.8, 4) is 73.9 Å². The van der Waals surface area contributed by atoms with Crippen LogP contribution in [0.5, 0.6) is 0 Å². The molecule has 0 saturated heterocycles. The fraction of sp³-hybridized carbons (Fsp3) is 0. The summed E-state index contributed by atoms with van der Waals surface area (Å²) in [6.07, 6.45) is 1.80. The molecule has 5 aromatic heterocycles. The Labute approximate surface area is 430 Å². The Kier molecular flexibility index (Phi) is 9.71. The van der Waals surface area contributed by atoms with E-state index in [1.165, 1.54) is 43.6 Å². The third-order valence-corrected chi connectivity index (χ3v) is 14.6. The molecular formula is C67H42N8. The predicted molar refractivity (Wildman–Crippen MR) is 306 cm³/mol. The maximum Gasteiger partial charge on any atom is 0.201 e. The molecule has 10 aromatic carbocycles. The van der Waals surface area contributed by atoms with Gasteiger partial charge in [0.15, 0.2) is 17.5 Å². The van der Waals surface area contributed by atoms with Crippen LogP contribution in [0.2, 0.25) is 0 Å². The second kappa shape index (κ2) is 17.2. The van der Waals surface area contributed by atoms with Gasteiger partial charge in [-0.1, -0.05) is 158 Å². The molecule has 15 rings (SSSR count). The van der Waals surface area contributed by atoms with Gasteiger partial charge >= 0.3 is 0 Å². The monoisotopic (exact) mass is 958 g/mol. The molecule has 15 aromatic rings. The zero-order valence-corrected chi connectivity index (χ0v) is 40.3. The standard InChI is InChI=1S/C67H42N8/c1-5-17-43(18-6-1)64-70-65(44-19-7-2-8-20-44)72-67(71-64)66-68-38-37-63(69-66)75-61-35-31-47(45-29-33-59-53(39-45)51-25-13-15-27-57(51)73(59)49-21-9-3-10-22-49)41-55(61)56-42-48(32-36-62(56)75)46-30-34-60-54(40-46)52-26-14-16-28-58(52)74(60)50-23-11-4-12-24-50/h1-42H. The summed E-state index contributed by atoms with van der Waals surface area (Å²) in [4.78, 5) is 25.0. The maximum atomic E-state index is 5.29. The zero-order valence-electron chi connectivity index (χ0n) is 40.3. The molecule has 8 heteroatoms. The minimum atomic E-state index is 0.392. The van der Waals surface area contributed by atoms with Crippen molar-refractivity contribution in [2.45, 2.75) is 0 Å². The van der Waals surface area contributed by atoms with Crippen LogP contribution in [0, 0.1) is 0 Å². The maximum absolute atomic E-state index is 5.29. The molecule has 0 saturated carbocycles. The minimum Gasteiger partial charge on any atom is -0.309 e. The van der Waals surface area contributed by atoms with Gasteiger partial charge in [-0.05, 0) is 113 Å². The molecule has 0 aliphatic heterocycles. The van der Waals surface area contributed by atoms with Gasteiger partial charge in [0.2, 0.25) is 5.82 Å². The van der Waals surface area contributed by atoms with Crippen LogP contribution < -0.4 is 0 Å². The lowest BCUT2D eigenvalue weighted by molar-refractivity contribution is 0.996. The van der Waals surface area contributed by atoms with Gasteiger partial charge in [0.1, 0.15) is 5.82 Å². The molecule has 0 spiro atoms. The molecule has 75 heavy (non-hydrogen) atoms. The van der Waals surface area contributed by atoms with Crippen LogP contribution in [0.1, 0.15) is 0 Å². The second-order valence-corrected chi connectivity index (χ2v) is 18.9. The highest BCUT2D eigenvalue weighted by Crippen LogP contribution is 2.41. The van der Waals surface area contributed by atoms with E-state index in [-0.39, 0.29) is 0 Å². The van der Waals surface area contributed by atoms with E-state index >= 15 is 0 Å². The number of benzene rings is 10. The Hall–Kier alpha value is -10.3. The van der Waals surface area contributed by atoms with E-state index in [4.69, 9.17) is 24.9 Å². The normalized spacial score (nSPS) is 11.7. The van der Waals surface area contributed by atoms with Crippen molar-refractivity contribution >= 4 is 65.4 Å². The molecule has 350 valence electrons. The summed E-state index contributed by atoms with van der Waals surface area (Å²) >= 11 is 0. The first-order valence-corrected chi connectivity index (χ1v) is 25.2. The lowest BCUT2D eigenvalue weighted by Crippen LogP contribution is -2.05. The van der Waals surface area contributed by atoms with E-state index in [1.807, 2.05) is 66.7 Å². The SMILES string of the molecule is c1ccc(-c2nc(-c3ccccc3)nc(-c3nccc(-n4c5ccc(-c6ccc7c(c6)c6ccccc6n7-c6ccccc6)cc5c5cc(-c6ccc7c(c6)c6ccccc6n7-c6ccccc6)ccc54)n3)n2)cc1. The Bertz CT molecular complexity index is 4420. The second-order valence-electron chi connectivity index (χ2n) is 18.9. The molecule has 0 unspecified atom stereocenters. The summed E-state index contributed by atoms with van der Waals surface area (Å²) in [6.45, 7) is 0. The number of para-hydroxylation sites is 4. The Morgan fingerprint density at radius 1 is 0.227 bits per heavy atom. The molecule has 0 fully saturated rings. The third-order valence-electron chi connectivity index (χ3n) is 14.6. The van der Waals surface area contributed by atoms with Crippen molar-refractivity contribution in [2.75, 3.05) is 0 Å². The van der Waals surface area contributed by atoms with Crippen molar-refractivity contribution in [2.24, 2.45) is 0 Å². The Balaban J connectivity index is 0.922. The van der Waals surface area contributed by atoms with Gasteiger partial charge in [-0.2, -0.15) is 0 Å². The summed E-state index contributed by atoms with van der Waals surface area (Å²) in [5, 5.41) is 7.06. The molecule has 8 nitrogen and oxygen atoms in total. The van der Waals surface area contributed by atoms with E-state index in [0.29, 0.717) is 29.1 Å². The molecule has 0 atom stereocenters. The average Bonchev–Trinajstić information content (AvgIpc) is 4.20. The van der Waals surface area contributed by atoms with Crippen molar-refractivity contribution in [3.63, 3.8) is 0 Å². The molecule has 0 amide bonds. The molecule has 0 aliphatic carbocycles. The summed E-state index contributed by atoms with van der Waals surface area (Å²) in [5.74, 6) is 2.60. The van der Waals surface area contributed by atoms with Gasteiger partial charge in [0.05, 0.1) is 33.1 Å². The molecule has 0 radical (unpaired) electrons. The Morgan fingerprint density at radius 2 is 0.573 bits per heavy atom. The van der Waals surface area contributed by atoms with Crippen LogP contribution in [-0.4, -0.2) is 38.6 Å². The van der Waals surface area contributed by atoms with E-state index in [9.17, 15) is 0 Å². The largest absolute Gasteiger partial charge is 0.309 e. The summed E-state index contributed by atoms with van der Waals surface area (Å²) < 4.78 is 6.97. The fourth-order valence-corrected chi connectivity index (χ4v) is 11.1. The molecule has 0 aliphatic rings. The van der Waals surface area contributed by atoms with Gasteiger partial charge in [0.25, 0.3) is 0 Å². The van der Waals surface area contributed by atoms with E-state index < -0.39 is 0 Å². The summed E-state index contributed by atoms with van der Waals surface area (Å²) in [7, 11) is 0. The van der Waals surface area contributed by atoms with Gasteiger partial charge in [-0.3, -0.25) is 4.57 Å². The predicted octanol–water partition coefficient (Wildman–Crippen LogP) is 16.3. The Morgan fingerprint density at radius 3 is 1.01 bits per heavy atom.